The van der Waals surface area contributed by atoms with Crippen molar-refractivity contribution in [2.24, 2.45) is 0 Å². The molecular weight excluding hydrogens is 618 g/mol. The summed E-state index contributed by atoms with van der Waals surface area (Å²) in [4.78, 5) is 24.0. The van der Waals surface area contributed by atoms with Crippen molar-refractivity contribution in [3.05, 3.63) is 29.3 Å². The van der Waals surface area contributed by atoms with Gasteiger partial charge >= 0.3 is 20.9 Å². The summed E-state index contributed by atoms with van der Waals surface area (Å²) in [6.07, 6.45) is 15.3. The Morgan fingerprint density at radius 2 is 1.36 bits per heavy atom. The highest BCUT2D eigenvalue weighted by atomic mass is 28.4. The second-order valence-corrected chi connectivity index (χ2v) is 14.3. The highest BCUT2D eigenvalue weighted by Crippen LogP contribution is 2.30. The van der Waals surface area contributed by atoms with Crippen LogP contribution >= 0.6 is 0 Å². The van der Waals surface area contributed by atoms with Crippen LogP contribution in [0.2, 0.25) is 6.04 Å². The first kappa shape index (κ1) is 42.4. The molecule has 270 valence electrons. The molecule has 1 aromatic rings. The van der Waals surface area contributed by atoms with Crippen LogP contribution in [0.3, 0.4) is 0 Å². The van der Waals surface area contributed by atoms with E-state index < -0.39 is 20.9 Å². The Morgan fingerprint density at radius 1 is 0.766 bits per heavy atom. The Balaban J connectivity index is 2.38. The molecule has 0 aromatic heterocycles. The van der Waals surface area contributed by atoms with E-state index in [1.54, 1.807) is 13.2 Å². The molecule has 0 fully saturated rings. The number of ether oxygens (including phenoxy) is 3. The first-order valence-corrected chi connectivity index (χ1v) is 19.8. The molecule has 0 spiro atoms. The van der Waals surface area contributed by atoms with Crippen LogP contribution in [0, 0.1) is 0 Å². The lowest BCUT2D eigenvalue weighted by Crippen LogP contribution is -2.46. The zero-order valence-electron chi connectivity index (χ0n) is 29.9. The molecule has 0 aliphatic heterocycles. The van der Waals surface area contributed by atoms with Gasteiger partial charge in [-0.1, -0.05) is 70.8 Å². The first-order valence-electron chi connectivity index (χ1n) is 17.9. The number of carboxylic acid groups (broad SMARTS) is 1. The van der Waals surface area contributed by atoms with Crippen LogP contribution in [0.1, 0.15) is 123 Å². The van der Waals surface area contributed by atoms with Crippen molar-refractivity contribution >= 4 is 26.9 Å². The molecule has 1 aromatic carbocycles. The number of carboxylic acids is 1. The largest absolute Gasteiger partial charge is 0.500 e. The van der Waals surface area contributed by atoms with Crippen LogP contribution in [0.15, 0.2) is 23.8 Å². The lowest BCUT2D eigenvalue weighted by molar-refractivity contribution is -0.132. The summed E-state index contributed by atoms with van der Waals surface area (Å²) in [6, 6.07) is 6.15. The summed E-state index contributed by atoms with van der Waals surface area (Å²) < 4.78 is 34.3. The molecule has 11 heteroatoms. The Bertz CT molecular complexity index is 988. The number of hydrogen-bond acceptors (Lipinski definition) is 8. The normalized spacial score (nSPS) is 11.8. The van der Waals surface area contributed by atoms with E-state index in [0.717, 1.165) is 37.7 Å². The molecular formula is C36H63NO9Si. The van der Waals surface area contributed by atoms with Gasteiger partial charge < -0.3 is 37.9 Å². The van der Waals surface area contributed by atoms with E-state index in [9.17, 15) is 14.7 Å². The molecule has 0 aliphatic rings. The monoisotopic (exact) mass is 681 g/mol. The van der Waals surface area contributed by atoms with Crippen LogP contribution < -0.4 is 14.8 Å². The predicted molar refractivity (Wildman–Crippen MR) is 189 cm³/mol. The van der Waals surface area contributed by atoms with Gasteiger partial charge in [0.05, 0.1) is 20.3 Å². The average molecular weight is 682 g/mol. The predicted octanol–water partition coefficient (Wildman–Crippen LogP) is 8.80. The number of benzene rings is 1. The molecule has 0 saturated carbocycles. The van der Waals surface area contributed by atoms with E-state index in [2.05, 4.69) is 12.2 Å². The number of hydrogen-bond donors (Lipinski definition) is 2. The summed E-state index contributed by atoms with van der Waals surface area (Å²) in [5.74, 6) is 0.350. The Morgan fingerprint density at radius 3 is 1.96 bits per heavy atom. The molecule has 1 amide bonds. The number of nitrogens with one attached hydrogen (secondary N) is 1. The highest BCUT2D eigenvalue weighted by molar-refractivity contribution is 6.60. The number of rotatable bonds is 30. The maximum Gasteiger partial charge on any atom is 0.500 e. The smallest absolute Gasteiger partial charge is 0.493 e. The molecule has 0 unspecified atom stereocenters. The van der Waals surface area contributed by atoms with Gasteiger partial charge in [-0.2, -0.15) is 0 Å². The second-order valence-electron chi connectivity index (χ2n) is 11.5. The second kappa shape index (κ2) is 27.4. The van der Waals surface area contributed by atoms with Gasteiger partial charge in [0.25, 0.3) is 0 Å². The molecule has 0 atom stereocenters. The Hall–Kier alpha value is -2.60. The number of carbonyl (C=O) groups excluding carboxylic acids is 1. The van der Waals surface area contributed by atoms with Gasteiger partial charge in [-0.3, -0.25) is 0 Å². The molecule has 0 radical (unpaired) electrons. The van der Waals surface area contributed by atoms with Crippen molar-refractivity contribution in [1.29, 1.82) is 0 Å². The molecule has 0 bridgehead atoms. The van der Waals surface area contributed by atoms with Gasteiger partial charge in [-0.05, 0) is 76.6 Å². The SMILES string of the molecule is CCCCCCCCCCOc1cc(/C=C(\CCCCCCOC(=O)NCCC[Si](OCC)(OCC)OCC)C(=O)O)ccc1OC. The lowest BCUT2D eigenvalue weighted by Gasteiger charge is -2.28. The minimum absolute atomic E-state index is 0.316. The Labute approximate surface area is 285 Å². The number of alkyl carbamates (subject to hydrolysis) is 1. The van der Waals surface area contributed by atoms with Gasteiger partial charge in [0.2, 0.25) is 0 Å². The van der Waals surface area contributed by atoms with Crippen LogP contribution in [0.25, 0.3) is 6.08 Å². The summed E-state index contributed by atoms with van der Waals surface area (Å²) in [7, 11) is -1.10. The Kier molecular flexibility index (Phi) is 24.7. The van der Waals surface area contributed by atoms with Crippen molar-refractivity contribution in [2.45, 2.75) is 124 Å². The number of methoxy groups -OCH3 is 1. The standard InChI is InChI=1S/C36H63NO9Si/c1-6-10-11-12-13-14-16-19-26-42-34-30-31(23-24-33(34)41-5)29-32(35(38)39)22-18-15-17-20-27-43-36(40)37-25-21-28-47(44-7-2,45-8-3)46-9-4/h23-24,29-30H,6-22,25-28H2,1-5H3,(H,37,40)(H,38,39)/b32-29+. The molecule has 0 aliphatic carbocycles. The lowest BCUT2D eigenvalue weighted by atomic mass is 10.0. The molecule has 0 heterocycles. The minimum atomic E-state index is -2.71. The summed E-state index contributed by atoms with van der Waals surface area (Å²) in [6.45, 7) is 10.9. The zero-order valence-corrected chi connectivity index (χ0v) is 30.9. The average Bonchev–Trinajstić information content (AvgIpc) is 3.05. The van der Waals surface area contributed by atoms with Crippen molar-refractivity contribution in [3.8, 4) is 11.5 Å². The third kappa shape index (κ3) is 19.7. The van der Waals surface area contributed by atoms with Gasteiger partial charge in [0.15, 0.2) is 11.5 Å². The summed E-state index contributed by atoms with van der Waals surface area (Å²) in [5.41, 5.74) is 1.13. The maximum atomic E-state index is 12.1. The van der Waals surface area contributed by atoms with E-state index >= 15 is 0 Å². The topological polar surface area (TPSA) is 122 Å². The minimum Gasteiger partial charge on any atom is -0.493 e. The number of aliphatic carboxylic acids is 1. The van der Waals surface area contributed by atoms with Crippen LogP contribution in [0.4, 0.5) is 4.79 Å². The number of unbranched alkanes of at least 4 members (excludes halogenated alkanes) is 10. The van der Waals surface area contributed by atoms with Gasteiger partial charge in [-0.25, -0.2) is 9.59 Å². The third-order valence-corrected chi connectivity index (χ3v) is 10.8. The fourth-order valence-electron chi connectivity index (χ4n) is 5.24. The van der Waals surface area contributed by atoms with E-state index in [0.29, 0.717) is 82.0 Å². The first-order chi connectivity index (χ1) is 22.8. The van der Waals surface area contributed by atoms with Crippen molar-refractivity contribution in [3.63, 3.8) is 0 Å². The van der Waals surface area contributed by atoms with Crippen LogP contribution in [-0.4, -0.2) is 72.7 Å². The maximum absolute atomic E-state index is 12.1. The van der Waals surface area contributed by atoms with Gasteiger partial charge in [-0.15, -0.1) is 0 Å². The third-order valence-electron chi connectivity index (χ3n) is 7.65. The number of carbonyl (C=O) groups is 2. The molecule has 10 nitrogen and oxygen atoms in total. The fraction of sp³-hybridized carbons (Fsp3) is 0.722. The van der Waals surface area contributed by atoms with Crippen LogP contribution in [-0.2, 0) is 22.8 Å². The van der Waals surface area contributed by atoms with E-state index in [-0.39, 0.29) is 0 Å². The molecule has 2 N–H and O–H groups in total. The van der Waals surface area contributed by atoms with E-state index in [4.69, 9.17) is 27.5 Å². The van der Waals surface area contributed by atoms with Crippen molar-refractivity contribution in [2.75, 3.05) is 46.7 Å². The van der Waals surface area contributed by atoms with Crippen molar-refractivity contribution < 1.29 is 42.2 Å². The molecule has 0 saturated heterocycles. The fourth-order valence-corrected chi connectivity index (χ4v) is 7.85. The van der Waals surface area contributed by atoms with E-state index in [1.807, 2.05) is 39.0 Å². The van der Waals surface area contributed by atoms with Crippen LogP contribution in [0.5, 0.6) is 11.5 Å². The van der Waals surface area contributed by atoms with Gasteiger partial charge in [0.1, 0.15) is 0 Å². The summed E-state index contributed by atoms with van der Waals surface area (Å²) in [5, 5.41) is 12.6. The van der Waals surface area contributed by atoms with Crippen molar-refractivity contribution in [1.82, 2.24) is 5.32 Å². The highest BCUT2D eigenvalue weighted by Gasteiger charge is 2.39. The molecule has 47 heavy (non-hydrogen) atoms. The van der Waals surface area contributed by atoms with Gasteiger partial charge in [0, 0.05) is 38.0 Å². The molecule has 1 rings (SSSR count). The number of amides is 1. The zero-order chi connectivity index (χ0) is 34.6. The quantitative estimate of drug-likeness (QED) is 0.0466. The summed E-state index contributed by atoms with van der Waals surface area (Å²) >= 11 is 0. The van der Waals surface area contributed by atoms with E-state index in [1.165, 1.54) is 38.5 Å².